The quantitative estimate of drug-likeness (QED) is 0.632. The molecule has 0 spiro atoms. The molecule has 18 heavy (non-hydrogen) atoms. The summed E-state index contributed by atoms with van der Waals surface area (Å²) in [7, 11) is 0. The highest BCUT2D eigenvalue weighted by atomic mass is 19.1. The summed E-state index contributed by atoms with van der Waals surface area (Å²) >= 11 is 0. The van der Waals surface area contributed by atoms with Crippen molar-refractivity contribution in [3.05, 3.63) is 66.2 Å². The molecular formula is C14H10FN3. The van der Waals surface area contributed by atoms with Crippen molar-refractivity contribution in [1.29, 1.82) is 0 Å². The van der Waals surface area contributed by atoms with Crippen LogP contribution in [0.3, 0.4) is 0 Å². The third-order valence-corrected chi connectivity index (χ3v) is 2.66. The zero-order valence-electron chi connectivity index (χ0n) is 9.49. The largest absolute Gasteiger partial charge is 0.235 e. The van der Waals surface area contributed by atoms with Gasteiger partial charge in [0.15, 0.2) is 0 Å². The number of nitrogens with zero attached hydrogens (tertiary/aromatic N) is 3. The molecule has 0 aliphatic rings. The fourth-order valence-corrected chi connectivity index (χ4v) is 1.74. The number of aromatic nitrogens is 2. The minimum absolute atomic E-state index is 0.286. The van der Waals surface area contributed by atoms with Gasteiger partial charge in [0.2, 0.25) is 0 Å². The van der Waals surface area contributed by atoms with E-state index in [1.165, 1.54) is 12.3 Å². The van der Waals surface area contributed by atoms with Crippen molar-refractivity contribution in [2.75, 3.05) is 0 Å². The third kappa shape index (κ3) is 1.88. The summed E-state index contributed by atoms with van der Waals surface area (Å²) in [6.07, 6.45) is 3.10. The molecule has 88 valence electrons. The number of rotatable bonds is 2. The average molecular weight is 239 g/mol. The lowest BCUT2D eigenvalue weighted by atomic mass is 10.2. The second-order valence-electron chi connectivity index (χ2n) is 3.84. The van der Waals surface area contributed by atoms with Gasteiger partial charge in [0.1, 0.15) is 12.1 Å². The second-order valence-corrected chi connectivity index (χ2v) is 3.84. The number of hydrogen-bond donors (Lipinski definition) is 0. The van der Waals surface area contributed by atoms with Gasteiger partial charge in [0.05, 0.1) is 17.2 Å². The fraction of sp³-hybridized carbons (Fsp3) is 0. The summed E-state index contributed by atoms with van der Waals surface area (Å²) in [5.41, 5.74) is 2.21. The van der Waals surface area contributed by atoms with Crippen LogP contribution in [0, 0.1) is 5.82 Å². The van der Waals surface area contributed by atoms with Gasteiger partial charge in [-0.15, -0.1) is 0 Å². The van der Waals surface area contributed by atoms with Crippen LogP contribution in [0.5, 0.6) is 0 Å². The summed E-state index contributed by atoms with van der Waals surface area (Å²) in [6.45, 7) is 0. The topological polar surface area (TPSA) is 30.2 Å². The van der Waals surface area contributed by atoms with E-state index in [4.69, 9.17) is 0 Å². The molecule has 0 radical (unpaired) electrons. The van der Waals surface area contributed by atoms with E-state index >= 15 is 0 Å². The normalized spacial score (nSPS) is 11.4. The van der Waals surface area contributed by atoms with E-state index < -0.39 is 0 Å². The molecular weight excluding hydrogens is 229 g/mol. The molecule has 3 aromatic rings. The molecule has 1 heterocycles. The zero-order valence-corrected chi connectivity index (χ0v) is 9.49. The number of benzene rings is 2. The minimum Gasteiger partial charge on any atom is -0.235 e. The van der Waals surface area contributed by atoms with Crippen molar-refractivity contribution in [3.63, 3.8) is 0 Å². The SMILES string of the molecule is Fc1ccccc1/C=N/n1cnc2ccccc21. The van der Waals surface area contributed by atoms with Crippen LogP contribution in [0.4, 0.5) is 4.39 Å². The third-order valence-electron chi connectivity index (χ3n) is 2.66. The van der Waals surface area contributed by atoms with Gasteiger partial charge in [-0.25, -0.2) is 14.1 Å². The van der Waals surface area contributed by atoms with Gasteiger partial charge in [0, 0.05) is 5.56 Å². The van der Waals surface area contributed by atoms with Gasteiger partial charge in [-0.2, -0.15) is 5.10 Å². The van der Waals surface area contributed by atoms with E-state index in [1.807, 2.05) is 24.3 Å². The van der Waals surface area contributed by atoms with Gasteiger partial charge in [0.25, 0.3) is 0 Å². The predicted molar refractivity (Wildman–Crippen MR) is 69.1 cm³/mol. The molecule has 0 amide bonds. The Labute approximate surface area is 103 Å². The molecule has 0 bridgehead atoms. The Morgan fingerprint density at radius 1 is 1.06 bits per heavy atom. The Morgan fingerprint density at radius 2 is 1.83 bits per heavy atom. The standard InChI is InChI=1S/C14H10FN3/c15-12-6-2-1-5-11(12)9-17-18-10-16-13-7-3-4-8-14(13)18/h1-10H/b17-9+. The number of halogens is 1. The Kier molecular flexibility index (Phi) is 2.61. The van der Waals surface area contributed by atoms with Gasteiger partial charge >= 0.3 is 0 Å². The molecule has 4 heteroatoms. The molecule has 0 saturated carbocycles. The first kappa shape index (κ1) is 10.7. The van der Waals surface area contributed by atoms with E-state index in [0.29, 0.717) is 5.56 Å². The van der Waals surface area contributed by atoms with E-state index in [9.17, 15) is 4.39 Å². The van der Waals surface area contributed by atoms with Crippen molar-refractivity contribution in [2.24, 2.45) is 5.10 Å². The number of imidazole rings is 1. The van der Waals surface area contributed by atoms with Crippen molar-refractivity contribution < 1.29 is 4.39 Å². The average Bonchev–Trinajstić information content (AvgIpc) is 2.81. The molecule has 1 aromatic heterocycles. The molecule has 0 N–H and O–H groups in total. The molecule has 0 aliphatic carbocycles. The fourth-order valence-electron chi connectivity index (χ4n) is 1.74. The predicted octanol–water partition coefficient (Wildman–Crippen LogP) is 3.06. The first-order valence-corrected chi connectivity index (χ1v) is 5.55. The van der Waals surface area contributed by atoms with Crippen molar-refractivity contribution in [2.45, 2.75) is 0 Å². The van der Waals surface area contributed by atoms with Crippen LogP contribution in [0.1, 0.15) is 5.56 Å². The maximum absolute atomic E-state index is 13.4. The number of para-hydroxylation sites is 2. The van der Waals surface area contributed by atoms with E-state index in [-0.39, 0.29) is 5.82 Å². The van der Waals surface area contributed by atoms with Crippen LogP contribution in [0.15, 0.2) is 60.0 Å². The monoisotopic (exact) mass is 239 g/mol. The van der Waals surface area contributed by atoms with Crippen LogP contribution < -0.4 is 0 Å². The van der Waals surface area contributed by atoms with Crippen LogP contribution >= 0.6 is 0 Å². The maximum Gasteiger partial charge on any atom is 0.132 e. The van der Waals surface area contributed by atoms with Crippen LogP contribution in [0.2, 0.25) is 0 Å². The lowest BCUT2D eigenvalue weighted by molar-refractivity contribution is 0.625. The van der Waals surface area contributed by atoms with Crippen molar-refractivity contribution in [1.82, 2.24) is 9.66 Å². The molecule has 0 saturated heterocycles. The summed E-state index contributed by atoms with van der Waals surface area (Å²) in [4.78, 5) is 4.21. The highest BCUT2D eigenvalue weighted by Gasteiger charge is 2.00. The Bertz CT molecular complexity index is 716. The van der Waals surface area contributed by atoms with Gasteiger partial charge < -0.3 is 0 Å². The van der Waals surface area contributed by atoms with Gasteiger partial charge in [-0.1, -0.05) is 30.3 Å². The summed E-state index contributed by atoms with van der Waals surface area (Å²) < 4.78 is 15.0. The molecule has 0 unspecified atom stereocenters. The zero-order chi connectivity index (χ0) is 12.4. The maximum atomic E-state index is 13.4. The molecule has 0 fully saturated rings. The molecule has 0 atom stereocenters. The van der Waals surface area contributed by atoms with Crippen LogP contribution in [-0.4, -0.2) is 15.9 Å². The Hall–Kier alpha value is -2.49. The van der Waals surface area contributed by atoms with Crippen LogP contribution in [0.25, 0.3) is 11.0 Å². The Morgan fingerprint density at radius 3 is 2.72 bits per heavy atom. The highest BCUT2D eigenvalue weighted by molar-refractivity contribution is 5.81. The molecule has 3 rings (SSSR count). The van der Waals surface area contributed by atoms with Crippen molar-refractivity contribution in [3.8, 4) is 0 Å². The second kappa shape index (κ2) is 4.41. The summed E-state index contributed by atoms with van der Waals surface area (Å²) in [5, 5.41) is 4.21. The first-order valence-electron chi connectivity index (χ1n) is 5.55. The summed E-state index contributed by atoms with van der Waals surface area (Å²) in [5.74, 6) is -0.286. The number of hydrogen-bond acceptors (Lipinski definition) is 2. The minimum atomic E-state index is -0.286. The smallest absolute Gasteiger partial charge is 0.132 e. The molecule has 0 aliphatic heterocycles. The molecule has 3 nitrogen and oxygen atoms in total. The lowest BCUT2D eigenvalue weighted by Crippen LogP contribution is -1.91. The highest BCUT2D eigenvalue weighted by Crippen LogP contribution is 2.11. The first-order chi connectivity index (χ1) is 8.84. The van der Waals surface area contributed by atoms with Crippen molar-refractivity contribution >= 4 is 17.2 Å². The Balaban J connectivity index is 2.00. The van der Waals surface area contributed by atoms with Gasteiger partial charge in [-0.05, 0) is 18.2 Å². The van der Waals surface area contributed by atoms with E-state index in [0.717, 1.165) is 11.0 Å². The number of fused-ring (bicyclic) bond motifs is 1. The van der Waals surface area contributed by atoms with Crippen LogP contribution in [-0.2, 0) is 0 Å². The molecule has 2 aromatic carbocycles. The van der Waals surface area contributed by atoms with E-state index in [1.54, 1.807) is 29.2 Å². The van der Waals surface area contributed by atoms with Gasteiger partial charge in [-0.3, -0.25) is 0 Å². The summed E-state index contributed by atoms with van der Waals surface area (Å²) in [6, 6.07) is 14.2. The van der Waals surface area contributed by atoms with E-state index in [2.05, 4.69) is 10.1 Å². The lowest BCUT2D eigenvalue weighted by Gasteiger charge is -1.97.